The molecule has 1 N–H and O–H groups in total. The van der Waals surface area contributed by atoms with E-state index in [1.165, 1.54) is 9.79 Å². The summed E-state index contributed by atoms with van der Waals surface area (Å²) < 4.78 is 0. The Morgan fingerprint density at radius 2 is 1.40 bits per heavy atom. The van der Waals surface area contributed by atoms with Crippen molar-refractivity contribution in [2.24, 2.45) is 0 Å². The van der Waals surface area contributed by atoms with E-state index < -0.39 is 16.9 Å². The number of hydrogen-bond acceptors (Lipinski definition) is 1. The number of hydrogen-bond donors (Lipinski definition) is 2. The number of carboxylic acids is 1. The Morgan fingerprint density at radius 1 is 0.950 bits per heavy atom. The van der Waals surface area contributed by atoms with Crippen LogP contribution in [0.3, 0.4) is 0 Å². The minimum absolute atomic E-state index is 0.282. The molecule has 20 heavy (non-hydrogen) atoms. The first kappa shape index (κ1) is 14.4. The predicted molar refractivity (Wildman–Crippen MR) is 84.7 cm³/mol. The molecule has 0 amide bonds. The van der Waals surface area contributed by atoms with Crippen molar-refractivity contribution < 1.29 is 9.90 Å². The van der Waals surface area contributed by atoms with E-state index in [1.807, 2.05) is 36.4 Å². The maximum Gasteiger partial charge on any atom is 0.330 e. The number of carboxylic acid groups (broad SMARTS) is 1. The monoisotopic (exact) mass is 286 g/mol. The van der Waals surface area contributed by atoms with Gasteiger partial charge < -0.3 is 5.11 Å². The average Bonchev–Trinajstić information content (AvgIpc) is 2.49. The van der Waals surface area contributed by atoms with E-state index in [2.05, 4.69) is 30.8 Å². The summed E-state index contributed by atoms with van der Waals surface area (Å²) in [7, 11) is -0.532. The van der Waals surface area contributed by atoms with Gasteiger partial charge in [-0.15, -0.1) is 0 Å². The van der Waals surface area contributed by atoms with Crippen LogP contribution in [0.15, 0.2) is 82.6 Å². The molecule has 0 spiro atoms. The van der Waals surface area contributed by atoms with Gasteiger partial charge in [-0.1, -0.05) is 67.2 Å². The Bertz CT molecular complexity index is 539. The fourth-order valence-electron chi connectivity index (χ4n) is 1.98. The van der Waals surface area contributed by atoms with Crippen molar-refractivity contribution in [1.82, 2.24) is 0 Å². The summed E-state index contributed by atoms with van der Waals surface area (Å²) in [6.45, 7) is 3.62. The van der Waals surface area contributed by atoms with E-state index in [9.17, 15) is 4.79 Å². The van der Waals surface area contributed by atoms with Gasteiger partial charge in [-0.05, 0) is 22.0 Å². The summed E-state index contributed by atoms with van der Waals surface area (Å²) >= 11 is 0. The quantitative estimate of drug-likeness (QED) is 0.618. The summed E-state index contributed by atoms with van der Waals surface area (Å²) in [5.41, 5.74) is 0.282. The van der Waals surface area contributed by atoms with Crippen LogP contribution in [-0.2, 0) is 4.79 Å². The van der Waals surface area contributed by atoms with E-state index >= 15 is 0 Å². The highest BCUT2D eigenvalue weighted by Crippen LogP contribution is 2.44. The molecule has 0 unspecified atom stereocenters. The summed E-state index contributed by atoms with van der Waals surface area (Å²) in [4.78, 5) is 13.4. The lowest BCUT2D eigenvalue weighted by atomic mass is 10.2. The van der Waals surface area contributed by atoms with E-state index in [4.69, 9.17) is 5.11 Å². The fraction of sp³-hybridized carbons (Fsp3) is 0.118. The molecular weight excluding hydrogens is 268 g/mol. The van der Waals surface area contributed by atoms with Crippen molar-refractivity contribution in [2.75, 3.05) is 5.75 Å². The van der Waals surface area contributed by atoms with Crippen LogP contribution in [0.2, 0.25) is 0 Å². The zero-order valence-electron chi connectivity index (χ0n) is 11.2. The highest BCUT2D eigenvalue weighted by atomic mass is 32.2. The molecule has 0 aliphatic heterocycles. The minimum Gasteiger partial charge on any atom is -0.478 e. The molecule has 0 saturated carbocycles. The van der Waals surface area contributed by atoms with Gasteiger partial charge in [0.15, 0.2) is 0 Å². The van der Waals surface area contributed by atoms with Gasteiger partial charge >= 0.3 is 5.97 Å². The number of aliphatic carboxylic acids is 1. The molecule has 0 aliphatic carbocycles. The van der Waals surface area contributed by atoms with Crippen LogP contribution < -0.4 is 0 Å². The van der Waals surface area contributed by atoms with Crippen molar-refractivity contribution in [1.29, 1.82) is 0 Å². The zero-order chi connectivity index (χ0) is 14.4. The van der Waals surface area contributed by atoms with Crippen LogP contribution in [0.25, 0.3) is 0 Å². The van der Waals surface area contributed by atoms with Gasteiger partial charge in [0.2, 0.25) is 0 Å². The van der Waals surface area contributed by atoms with Crippen LogP contribution in [0.1, 0.15) is 6.42 Å². The first-order valence-electron chi connectivity index (χ1n) is 6.47. The van der Waals surface area contributed by atoms with E-state index in [0.717, 1.165) is 5.75 Å². The summed E-state index contributed by atoms with van der Waals surface area (Å²) in [5.74, 6) is -0.0878. The molecular formula is C17H18O2S. The Balaban J connectivity index is 2.22. The molecule has 2 aromatic carbocycles. The Morgan fingerprint density at radius 3 is 1.80 bits per heavy atom. The van der Waals surface area contributed by atoms with Gasteiger partial charge in [0, 0.05) is 5.57 Å². The van der Waals surface area contributed by atoms with Gasteiger partial charge in [0.05, 0.1) is 0 Å². The molecule has 2 aromatic rings. The molecule has 2 nitrogen and oxygen atoms in total. The smallest absolute Gasteiger partial charge is 0.330 e. The van der Waals surface area contributed by atoms with Crippen molar-refractivity contribution in [3.05, 3.63) is 72.8 Å². The molecule has 0 aromatic heterocycles. The lowest BCUT2D eigenvalue weighted by Crippen LogP contribution is -2.02. The van der Waals surface area contributed by atoms with Crippen LogP contribution >= 0.6 is 10.9 Å². The second kappa shape index (κ2) is 6.96. The van der Waals surface area contributed by atoms with Crippen LogP contribution in [0.5, 0.6) is 0 Å². The molecule has 2 rings (SSSR count). The van der Waals surface area contributed by atoms with E-state index in [0.29, 0.717) is 6.42 Å². The highest BCUT2D eigenvalue weighted by molar-refractivity contribution is 8.17. The normalized spacial score (nSPS) is 10.9. The zero-order valence-corrected chi connectivity index (χ0v) is 12.1. The Hall–Kier alpha value is -2.00. The standard InChI is InChI=1S/C17H18O2S/c1-14(17(18)19)12-13-20(15-8-4-2-5-9-15)16-10-6-3-7-11-16/h2-11,20H,1,12-13H2,(H,18,19). The topological polar surface area (TPSA) is 37.3 Å². The minimum atomic E-state index is -0.902. The maximum atomic E-state index is 10.9. The third-order valence-electron chi connectivity index (χ3n) is 3.08. The number of benzene rings is 2. The highest BCUT2D eigenvalue weighted by Gasteiger charge is 2.12. The van der Waals surface area contributed by atoms with Gasteiger partial charge in [-0.2, -0.15) is 10.9 Å². The summed E-state index contributed by atoms with van der Waals surface area (Å²) in [6, 6.07) is 20.6. The number of rotatable bonds is 6. The molecule has 104 valence electrons. The van der Waals surface area contributed by atoms with E-state index in [1.54, 1.807) is 0 Å². The van der Waals surface area contributed by atoms with Crippen LogP contribution in [0.4, 0.5) is 0 Å². The van der Waals surface area contributed by atoms with Gasteiger partial charge in [-0.25, -0.2) is 4.79 Å². The largest absolute Gasteiger partial charge is 0.478 e. The van der Waals surface area contributed by atoms with Gasteiger partial charge in [-0.3, -0.25) is 0 Å². The third-order valence-corrected chi connectivity index (χ3v) is 5.59. The average molecular weight is 286 g/mol. The van der Waals surface area contributed by atoms with Crippen LogP contribution in [-0.4, -0.2) is 16.8 Å². The second-order valence-electron chi connectivity index (χ2n) is 4.48. The molecule has 0 atom stereocenters. The predicted octanol–water partition coefficient (Wildman–Crippen LogP) is 4.14. The Labute approximate surface area is 122 Å². The summed E-state index contributed by atoms with van der Waals surface area (Å²) in [6.07, 6.45) is 0.519. The molecule has 0 saturated heterocycles. The third kappa shape index (κ3) is 3.75. The maximum absolute atomic E-state index is 10.9. The molecule has 3 heteroatoms. The van der Waals surface area contributed by atoms with Crippen molar-refractivity contribution in [3.63, 3.8) is 0 Å². The fourth-order valence-corrected chi connectivity index (χ4v) is 4.35. The van der Waals surface area contributed by atoms with Gasteiger partial charge in [0.25, 0.3) is 0 Å². The van der Waals surface area contributed by atoms with Crippen LogP contribution in [0, 0.1) is 0 Å². The molecule has 0 fully saturated rings. The van der Waals surface area contributed by atoms with Gasteiger partial charge in [0.1, 0.15) is 0 Å². The second-order valence-corrected chi connectivity index (χ2v) is 6.82. The Kier molecular flexibility index (Phi) is 5.02. The lowest BCUT2D eigenvalue weighted by Gasteiger charge is -2.22. The molecule has 0 radical (unpaired) electrons. The van der Waals surface area contributed by atoms with Crippen molar-refractivity contribution >= 4 is 16.9 Å². The van der Waals surface area contributed by atoms with E-state index in [-0.39, 0.29) is 5.57 Å². The number of thiol groups is 1. The SMILES string of the molecule is C=C(CC[SH](c1ccccc1)c1ccccc1)C(=O)O. The first-order valence-corrected chi connectivity index (χ1v) is 8.00. The molecule has 0 heterocycles. The van der Waals surface area contributed by atoms with Crippen molar-refractivity contribution in [3.8, 4) is 0 Å². The lowest BCUT2D eigenvalue weighted by molar-refractivity contribution is -0.132. The number of carbonyl (C=O) groups is 1. The molecule has 0 bridgehead atoms. The summed E-state index contributed by atoms with van der Waals surface area (Å²) in [5, 5.41) is 8.94. The first-order chi connectivity index (χ1) is 9.68. The molecule has 0 aliphatic rings. The van der Waals surface area contributed by atoms with Crippen molar-refractivity contribution in [2.45, 2.75) is 16.2 Å².